The smallest absolute Gasteiger partial charge is 0.372 e. The standard InChI is InChI=1S/C28H56O14/c1-2-3-4-5-6-7-8-9-10-11-12-13-14-26(35,36)28(39,40)27(37,38)23(34)42-22-25(18-32,19-33)21-41-20-24(15-29,16-30)17-31/h29-33,35-40H,2-22H2,1H3. The second-order valence-electron chi connectivity index (χ2n) is 11.7. The number of aliphatic hydroxyl groups is 11. The Morgan fingerprint density at radius 1 is 0.548 bits per heavy atom. The zero-order chi connectivity index (χ0) is 32.3. The van der Waals surface area contributed by atoms with E-state index in [4.69, 9.17) is 4.74 Å². The van der Waals surface area contributed by atoms with Crippen LogP contribution in [0.2, 0.25) is 0 Å². The maximum atomic E-state index is 12.4. The molecule has 0 aromatic rings. The van der Waals surface area contributed by atoms with Crippen LogP contribution in [0.5, 0.6) is 0 Å². The molecule has 0 atom stereocenters. The van der Waals surface area contributed by atoms with E-state index in [-0.39, 0.29) is 6.42 Å². The number of esters is 1. The third-order valence-corrected chi connectivity index (χ3v) is 7.71. The fourth-order valence-electron chi connectivity index (χ4n) is 4.17. The highest BCUT2D eigenvalue weighted by Gasteiger charge is 2.66. The van der Waals surface area contributed by atoms with E-state index in [0.29, 0.717) is 6.42 Å². The van der Waals surface area contributed by atoms with E-state index >= 15 is 0 Å². The highest BCUT2D eigenvalue weighted by Crippen LogP contribution is 2.33. The first-order chi connectivity index (χ1) is 19.7. The zero-order valence-electron chi connectivity index (χ0n) is 25.0. The lowest BCUT2D eigenvalue weighted by molar-refractivity contribution is -0.442. The van der Waals surface area contributed by atoms with Gasteiger partial charge in [-0.2, -0.15) is 0 Å². The van der Waals surface area contributed by atoms with Gasteiger partial charge in [0.15, 0.2) is 0 Å². The molecule has 0 radical (unpaired) electrons. The van der Waals surface area contributed by atoms with Crippen LogP contribution >= 0.6 is 0 Å². The molecule has 0 bridgehead atoms. The van der Waals surface area contributed by atoms with Crippen molar-refractivity contribution in [3.63, 3.8) is 0 Å². The van der Waals surface area contributed by atoms with E-state index < -0.39 is 93.4 Å². The molecule has 0 amide bonds. The Hall–Kier alpha value is -1.01. The molecule has 0 spiro atoms. The third-order valence-electron chi connectivity index (χ3n) is 7.71. The number of rotatable bonds is 27. The summed E-state index contributed by atoms with van der Waals surface area (Å²) in [4.78, 5) is 12.4. The van der Waals surface area contributed by atoms with Gasteiger partial charge in [-0.3, -0.25) is 0 Å². The Kier molecular flexibility index (Phi) is 19.6. The number of hydrogen-bond donors (Lipinski definition) is 11. The van der Waals surface area contributed by atoms with E-state index in [1.807, 2.05) is 0 Å². The minimum Gasteiger partial charge on any atom is -0.461 e. The molecule has 0 aliphatic rings. The molecule has 0 saturated heterocycles. The van der Waals surface area contributed by atoms with Crippen LogP contribution in [0.3, 0.4) is 0 Å². The fraction of sp³-hybridized carbons (Fsp3) is 0.964. The van der Waals surface area contributed by atoms with Gasteiger partial charge < -0.3 is 65.6 Å². The molecular weight excluding hydrogens is 560 g/mol. The topological polar surface area (TPSA) is 258 Å². The Bertz CT molecular complexity index is 696. The number of ether oxygens (including phenoxy) is 2. The van der Waals surface area contributed by atoms with E-state index in [9.17, 15) is 61.0 Å². The van der Waals surface area contributed by atoms with E-state index in [1.54, 1.807) is 0 Å². The van der Waals surface area contributed by atoms with E-state index in [0.717, 1.165) is 32.1 Å². The molecule has 0 aliphatic heterocycles. The van der Waals surface area contributed by atoms with Crippen molar-refractivity contribution in [1.29, 1.82) is 0 Å². The van der Waals surface area contributed by atoms with Crippen LogP contribution < -0.4 is 0 Å². The molecular formula is C28H56O14. The average Bonchev–Trinajstić information content (AvgIpc) is 2.97. The Balaban J connectivity index is 4.85. The molecule has 11 N–H and O–H groups in total. The molecule has 0 aromatic heterocycles. The van der Waals surface area contributed by atoms with Crippen molar-refractivity contribution in [3.8, 4) is 0 Å². The largest absolute Gasteiger partial charge is 0.461 e. The molecule has 14 heteroatoms. The van der Waals surface area contributed by atoms with Crippen molar-refractivity contribution < 1.29 is 70.4 Å². The molecule has 0 rings (SSSR count). The van der Waals surface area contributed by atoms with Gasteiger partial charge in [-0.05, 0) is 6.42 Å². The maximum Gasteiger partial charge on any atom is 0.372 e. The summed E-state index contributed by atoms with van der Waals surface area (Å²) in [6.45, 7) is -3.50. The van der Waals surface area contributed by atoms with Gasteiger partial charge in [0.1, 0.15) is 6.61 Å². The Morgan fingerprint density at radius 3 is 1.33 bits per heavy atom. The highest BCUT2D eigenvalue weighted by molar-refractivity contribution is 5.78. The van der Waals surface area contributed by atoms with Gasteiger partial charge >= 0.3 is 11.8 Å². The van der Waals surface area contributed by atoms with Crippen molar-refractivity contribution in [1.82, 2.24) is 0 Å². The SMILES string of the molecule is CCCCCCCCCCCCCCC(O)(O)C(O)(O)C(O)(O)C(=O)OCC(CO)(CO)COCC(CO)(CO)CO. The van der Waals surface area contributed by atoms with Gasteiger partial charge in [-0.15, -0.1) is 0 Å². The number of hydrogen-bond acceptors (Lipinski definition) is 14. The quantitative estimate of drug-likeness (QED) is 0.0289. The highest BCUT2D eigenvalue weighted by atomic mass is 16.7. The minimum absolute atomic E-state index is 0.0739. The van der Waals surface area contributed by atoms with Crippen LogP contribution in [0, 0.1) is 10.8 Å². The van der Waals surface area contributed by atoms with Gasteiger partial charge in [0, 0.05) is 6.42 Å². The summed E-state index contributed by atoms with van der Waals surface area (Å²) in [5, 5.41) is 109. The number of carbonyl (C=O) groups is 1. The molecule has 42 heavy (non-hydrogen) atoms. The predicted molar refractivity (Wildman–Crippen MR) is 149 cm³/mol. The first kappa shape index (κ1) is 41.0. The van der Waals surface area contributed by atoms with Crippen molar-refractivity contribution in [2.45, 2.75) is 108 Å². The first-order valence-corrected chi connectivity index (χ1v) is 14.8. The van der Waals surface area contributed by atoms with Crippen LogP contribution in [0.15, 0.2) is 0 Å². The minimum atomic E-state index is -4.23. The number of aliphatic hydroxyl groups excluding tert-OH is 5. The lowest BCUT2D eigenvalue weighted by atomic mass is 9.90. The van der Waals surface area contributed by atoms with Crippen molar-refractivity contribution in [3.05, 3.63) is 0 Å². The summed E-state index contributed by atoms with van der Waals surface area (Å²) in [7, 11) is 0. The second-order valence-corrected chi connectivity index (χ2v) is 11.7. The van der Waals surface area contributed by atoms with Crippen LogP contribution in [-0.2, 0) is 14.3 Å². The van der Waals surface area contributed by atoms with Gasteiger partial charge in [-0.1, -0.05) is 77.6 Å². The molecule has 0 aliphatic carbocycles. The number of carbonyl (C=O) groups excluding carboxylic acids is 1. The van der Waals surface area contributed by atoms with Crippen molar-refractivity contribution >= 4 is 5.97 Å². The van der Waals surface area contributed by atoms with Crippen LogP contribution in [0.25, 0.3) is 0 Å². The van der Waals surface area contributed by atoms with Gasteiger partial charge in [0.25, 0.3) is 5.79 Å². The average molecular weight is 617 g/mol. The van der Waals surface area contributed by atoms with Crippen molar-refractivity contribution in [2.24, 2.45) is 10.8 Å². The van der Waals surface area contributed by atoms with Gasteiger partial charge in [-0.25, -0.2) is 4.79 Å². The fourth-order valence-corrected chi connectivity index (χ4v) is 4.17. The van der Waals surface area contributed by atoms with Crippen LogP contribution in [0.1, 0.15) is 90.4 Å². The van der Waals surface area contributed by atoms with Gasteiger partial charge in [0.2, 0.25) is 5.79 Å². The van der Waals surface area contributed by atoms with Crippen LogP contribution in [0.4, 0.5) is 0 Å². The molecule has 14 nitrogen and oxygen atoms in total. The second kappa shape index (κ2) is 20.1. The van der Waals surface area contributed by atoms with Crippen LogP contribution in [-0.4, -0.2) is 132 Å². The summed E-state index contributed by atoms with van der Waals surface area (Å²) < 4.78 is 9.96. The Morgan fingerprint density at radius 2 is 0.929 bits per heavy atom. The van der Waals surface area contributed by atoms with Gasteiger partial charge in [0.05, 0.1) is 57.1 Å². The summed E-state index contributed by atoms with van der Waals surface area (Å²) in [6, 6.07) is 0. The molecule has 0 aromatic carbocycles. The number of unbranched alkanes of at least 4 members (excludes halogenated alkanes) is 11. The lowest BCUT2D eigenvalue weighted by Gasteiger charge is -2.41. The van der Waals surface area contributed by atoms with E-state index in [2.05, 4.69) is 11.7 Å². The monoisotopic (exact) mass is 616 g/mol. The molecule has 0 saturated carbocycles. The summed E-state index contributed by atoms with van der Waals surface area (Å²) in [5.41, 5.74) is -3.21. The Labute approximate surface area is 248 Å². The summed E-state index contributed by atoms with van der Waals surface area (Å²) in [6.07, 6.45) is 10.9. The normalized spacial score (nSPS) is 13.5. The molecule has 0 fully saturated rings. The third kappa shape index (κ3) is 12.5. The molecule has 0 heterocycles. The summed E-state index contributed by atoms with van der Waals surface area (Å²) >= 11 is 0. The van der Waals surface area contributed by atoms with E-state index in [1.165, 1.54) is 32.1 Å². The zero-order valence-corrected chi connectivity index (χ0v) is 25.0. The molecule has 252 valence electrons. The van der Waals surface area contributed by atoms with Crippen molar-refractivity contribution in [2.75, 3.05) is 52.9 Å². The predicted octanol–water partition coefficient (Wildman–Crippen LogP) is -1.39. The summed E-state index contributed by atoms with van der Waals surface area (Å²) in [5.74, 6) is -14.1. The lowest BCUT2D eigenvalue weighted by Crippen LogP contribution is -2.71. The first-order valence-electron chi connectivity index (χ1n) is 14.8. The molecule has 0 unspecified atom stereocenters. The maximum absolute atomic E-state index is 12.4.